The molecule has 0 saturated carbocycles. The zero-order valence-corrected chi connectivity index (χ0v) is 41.2. The number of hydrogen-bond donors (Lipinski definition) is 1. The van der Waals surface area contributed by atoms with Crippen LogP contribution in [0.4, 0.5) is 0 Å². The third kappa shape index (κ3) is 33.9. The van der Waals surface area contributed by atoms with E-state index in [2.05, 4.69) is 46.8 Å². The molecular formula is C54H112NP. The Balaban J connectivity index is 4.44. The predicted octanol–water partition coefficient (Wildman–Crippen LogP) is 20.2. The van der Waals surface area contributed by atoms with Gasteiger partial charge in [-0.05, 0) is 0 Å². The fourth-order valence-electron chi connectivity index (χ4n) is 9.86. The van der Waals surface area contributed by atoms with Gasteiger partial charge in [0.25, 0.3) is 0 Å². The minimum absolute atomic E-state index is 0.834. The molecule has 0 aromatic heterocycles. The Morgan fingerprint density at radius 2 is 0.500 bits per heavy atom. The van der Waals surface area contributed by atoms with Crippen LogP contribution in [-0.4, -0.2) is 24.1 Å². The molecule has 2 heteroatoms. The standard InChI is InChI=1S/C54H112NP/c1-6-11-16-18-20-22-24-26-28-29-30-31-32-33-34-36-38-40-42-44-46-48-50-54(56(55,51-13-8-3,52-14-9-4)53-15-10-5)49-47-45-43-41-39-37-35-27-25-23-21-19-17-12-7-2/h27,35,54H,6-26,28-34,36-53,55H2,1-5H3/b35-27-. The van der Waals surface area contributed by atoms with Crippen molar-refractivity contribution in [2.24, 2.45) is 5.50 Å². The maximum absolute atomic E-state index is 8.10. The Kier molecular flexibility index (Phi) is 43.3. The van der Waals surface area contributed by atoms with Crippen molar-refractivity contribution in [3.8, 4) is 0 Å². The Labute approximate surface area is 357 Å². The molecule has 0 heterocycles. The first-order chi connectivity index (χ1) is 27.5. The molecule has 0 fully saturated rings. The average molecular weight is 806 g/mol. The molecule has 0 amide bonds. The van der Waals surface area contributed by atoms with Gasteiger partial charge in [-0.3, -0.25) is 0 Å². The molecule has 0 aliphatic rings. The topological polar surface area (TPSA) is 26.0 Å². The van der Waals surface area contributed by atoms with Gasteiger partial charge in [-0.15, -0.1) is 0 Å². The van der Waals surface area contributed by atoms with Crippen LogP contribution in [0, 0.1) is 0 Å². The first-order valence-corrected chi connectivity index (χ1v) is 29.9. The zero-order valence-electron chi connectivity index (χ0n) is 40.3. The van der Waals surface area contributed by atoms with Gasteiger partial charge < -0.3 is 0 Å². The Morgan fingerprint density at radius 1 is 0.286 bits per heavy atom. The molecule has 0 rings (SSSR count). The number of hydrogen-bond acceptors (Lipinski definition) is 1. The summed E-state index contributed by atoms with van der Waals surface area (Å²) in [6.07, 6.45) is 70.4. The van der Waals surface area contributed by atoms with E-state index in [9.17, 15) is 0 Å². The number of nitrogens with two attached hydrogens (primary N) is 1. The Bertz CT molecular complexity index is 750. The van der Waals surface area contributed by atoms with E-state index in [-0.39, 0.29) is 0 Å². The van der Waals surface area contributed by atoms with E-state index >= 15 is 0 Å². The fraction of sp³-hybridized carbons (Fsp3) is 0.963. The average Bonchev–Trinajstić information content (AvgIpc) is 3.21. The van der Waals surface area contributed by atoms with E-state index in [4.69, 9.17) is 5.50 Å². The summed E-state index contributed by atoms with van der Waals surface area (Å²) in [5.74, 6) is 0. The molecule has 0 saturated heterocycles. The number of rotatable bonds is 48. The van der Waals surface area contributed by atoms with Gasteiger partial charge in [0, 0.05) is 0 Å². The quantitative estimate of drug-likeness (QED) is 0.0370. The summed E-state index contributed by atoms with van der Waals surface area (Å²) in [7, 11) is 0. The zero-order chi connectivity index (χ0) is 41.0. The first kappa shape index (κ1) is 56.1. The molecular weight excluding hydrogens is 694 g/mol. The van der Waals surface area contributed by atoms with E-state index in [1.165, 1.54) is 295 Å². The molecule has 0 aromatic carbocycles. The summed E-state index contributed by atoms with van der Waals surface area (Å²) in [5.41, 5.74) is 8.93. The van der Waals surface area contributed by atoms with Crippen LogP contribution in [0.5, 0.6) is 0 Å². The van der Waals surface area contributed by atoms with Crippen LogP contribution in [-0.2, 0) is 0 Å². The summed E-state index contributed by atoms with van der Waals surface area (Å²) in [6, 6.07) is 0. The van der Waals surface area contributed by atoms with E-state index in [0.29, 0.717) is 0 Å². The van der Waals surface area contributed by atoms with Crippen LogP contribution in [0.1, 0.15) is 311 Å². The van der Waals surface area contributed by atoms with E-state index < -0.39 is 6.75 Å². The van der Waals surface area contributed by atoms with E-state index in [1.54, 1.807) is 0 Å². The number of unbranched alkanes of at least 4 members (excludes halogenated alkanes) is 35. The molecule has 0 spiro atoms. The number of allylic oxidation sites excluding steroid dienone is 2. The van der Waals surface area contributed by atoms with Gasteiger partial charge in [0.2, 0.25) is 0 Å². The van der Waals surface area contributed by atoms with E-state index in [0.717, 1.165) is 5.66 Å². The second-order valence-corrected chi connectivity index (χ2v) is 25.3. The maximum atomic E-state index is 8.10. The van der Waals surface area contributed by atoms with Crippen molar-refractivity contribution in [3.05, 3.63) is 12.2 Å². The summed E-state index contributed by atoms with van der Waals surface area (Å²) in [4.78, 5) is 0. The molecule has 2 N–H and O–H groups in total. The molecule has 0 aliphatic heterocycles. The third-order valence-corrected chi connectivity index (χ3v) is 20.8. The van der Waals surface area contributed by atoms with Crippen LogP contribution in [0.2, 0.25) is 0 Å². The molecule has 0 aromatic rings. The van der Waals surface area contributed by atoms with Crippen LogP contribution < -0.4 is 5.50 Å². The molecule has 56 heavy (non-hydrogen) atoms. The summed E-state index contributed by atoms with van der Waals surface area (Å²) in [5, 5.41) is 0. The van der Waals surface area contributed by atoms with Crippen molar-refractivity contribution >= 4 is 6.75 Å². The van der Waals surface area contributed by atoms with Crippen LogP contribution >= 0.6 is 6.75 Å². The van der Waals surface area contributed by atoms with Gasteiger partial charge in [-0.2, -0.15) is 0 Å². The molecule has 0 bridgehead atoms. The molecule has 0 aliphatic carbocycles. The van der Waals surface area contributed by atoms with Crippen LogP contribution in [0.15, 0.2) is 12.2 Å². The monoisotopic (exact) mass is 806 g/mol. The first-order valence-electron chi connectivity index (χ1n) is 27.0. The SMILES string of the molecule is CCCCCCCC/C=C\CCCCCCCC(CCCCCCCCCCCCCCCCCCCCCCCC)P(N)(CCCC)(CCCC)CCCC. The van der Waals surface area contributed by atoms with Gasteiger partial charge in [0.05, 0.1) is 0 Å². The van der Waals surface area contributed by atoms with Crippen molar-refractivity contribution in [3.63, 3.8) is 0 Å². The molecule has 1 atom stereocenters. The van der Waals surface area contributed by atoms with Crippen molar-refractivity contribution in [2.45, 2.75) is 316 Å². The second kappa shape index (κ2) is 43.2. The van der Waals surface area contributed by atoms with Crippen molar-refractivity contribution in [2.75, 3.05) is 18.5 Å². The third-order valence-electron chi connectivity index (χ3n) is 13.9. The van der Waals surface area contributed by atoms with Crippen molar-refractivity contribution in [1.29, 1.82) is 0 Å². The molecule has 1 unspecified atom stereocenters. The normalized spacial score (nSPS) is 13.5. The van der Waals surface area contributed by atoms with Gasteiger partial charge in [-0.1, -0.05) is 123 Å². The van der Waals surface area contributed by atoms with Gasteiger partial charge >= 0.3 is 236 Å². The molecule has 338 valence electrons. The summed E-state index contributed by atoms with van der Waals surface area (Å²) in [6.45, 7) is 9.60. The molecule has 0 radical (unpaired) electrons. The van der Waals surface area contributed by atoms with Gasteiger partial charge in [0.15, 0.2) is 0 Å². The summed E-state index contributed by atoms with van der Waals surface area (Å²) < 4.78 is 0. The molecule has 1 nitrogen and oxygen atoms in total. The minimum atomic E-state index is -2.23. The van der Waals surface area contributed by atoms with E-state index in [1.807, 2.05) is 0 Å². The Morgan fingerprint density at radius 3 is 0.750 bits per heavy atom. The van der Waals surface area contributed by atoms with Crippen molar-refractivity contribution < 1.29 is 0 Å². The fourth-order valence-corrected chi connectivity index (χ4v) is 16.8. The van der Waals surface area contributed by atoms with Crippen molar-refractivity contribution in [1.82, 2.24) is 0 Å². The Hall–Kier alpha value is 0.130. The second-order valence-electron chi connectivity index (χ2n) is 19.4. The van der Waals surface area contributed by atoms with Crippen LogP contribution in [0.3, 0.4) is 0 Å². The van der Waals surface area contributed by atoms with Crippen LogP contribution in [0.25, 0.3) is 0 Å². The van der Waals surface area contributed by atoms with Gasteiger partial charge in [0.1, 0.15) is 0 Å². The summed E-state index contributed by atoms with van der Waals surface area (Å²) >= 11 is 0. The van der Waals surface area contributed by atoms with Gasteiger partial charge in [-0.25, -0.2) is 0 Å². The predicted molar refractivity (Wildman–Crippen MR) is 266 cm³/mol.